The van der Waals surface area contributed by atoms with E-state index in [1.54, 1.807) is 20.0 Å². The van der Waals surface area contributed by atoms with Gasteiger partial charge in [0.2, 0.25) is 10.0 Å². The van der Waals surface area contributed by atoms with E-state index in [-0.39, 0.29) is 23.8 Å². The van der Waals surface area contributed by atoms with Crippen molar-refractivity contribution in [2.75, 3.05) is 20.1 Å². The molecule has 0 aliphatic heterocycles. The summed E-state index contributed by atoms with van der Waals surface area (Å²) in [7, 11) is -1.97. The smallest absolute Gasteiger partial charge is 0.243 e. The molecule has 0 aliphatic carbocycles. The van der Waals surface area contributed by atoms with Crippen molar-refractivity contribution in [2.24, 2.45) is 0 Å². The summed E-state index contributed by atoms with van der Waals surface area (Å²) in [6, 6.07) is 4.21. The lowest BCUT2D eigenvalue weighted by atomic mass is 10.2. The Hall–Kier alpha value is -0.690. The van der Waals surface area contributed by atoms with Gasteiger partial charge < -0.3 is 5.32 Å². The number of hydrogen-bond acceptors (Lipinski definition) is 3. The summed E-state index contributed by atoms with van der Waals surface area (Å²) in [6.45, 7) is 2.57. The van der Waals surface area contributed by atoms with Gasteiger partial charge in [-0.15, -0.1) is 12.4 Å². The molecule has 7 heteroatoms. The van der Waals surface area contributed by atoms with Crippen LogP contribution >= 0.6 is 12.4 Å². The fraction of sp³-hybridized carbons (Fsp3) is 0.455. The maximum absolute atomic E-state index is 13.5. The Morgan fingerprint density at radius 1 is 1.28 bits per heavy atom. The Bertz CT molecular complexity index is 460. The van der Waals surface area contributed by atoms with Crippen molar-refractivity contribution in [3.8, 4) is 0 Å². The molecule has 0 atom stereocenters. The van der Waals surface area contributed by atoms with Crippen LogP contribution in [0.25, 0.3) is 0 Å². The van der Waals surface area contributed by atoms with Gasteiger partial charge >= 0.3 is 0 Å². The standard InChI is InChI=1S/C11H17FN2O2S.ClH/c1-9-5-3-6-10(12)11(9)17(15,16)14-8-4-7-13-2;/h3,5-6,13-14H,4,7-8H2,1-2H3;1H. The van der Waals surface area contributed by atoms with Gasteiger partial charge in [-0.3, -0.25) is 0 Å². The molecular formula is C11H18ClFN2O2S. The molecule has 0 saturated carbocycles. The van der Waals surface area contributed by atoms with Gasteiger partial charge in [0, 0.05) is 6.54 Å². The Morgan fingerprint density at radius 2 is 1.94 bits per heavy atom. The zero-order valence-electron chi connectivity index (χ0n) is 10.4. The van der Waals surface area contributed by atoms with E-state index in [1.165, 1.54) is 6.07 Å². The highest BCUT2D eigenvalue weighted by molar-refractivity contribution is 7.89. The summed E-state index contributed by atoms with van der Waals surface area (Å²) >= 11 is 0. The van der Waals surface area contributed by atoms with Gasteiger partial charge in [-0.05, 0) is 38.6 Å². The highest BCUT2D eigenvalue weighted by Gasteiger charge is 2.20. The normalized spacial score (nSPS) is 11.1. The second kappa shape index (κ2) is 7.68. The number of halogens is 2. The number of benzene rings is 1. The molecule has 0 spiro atoms. The first-order chi connectivity index (χ1) is 7.99. The minimum atomic E-state index is -3.75. The molecule has 0 amide bonds. The van der Waals surface area contributed by atoms with Crippen LogP contribution in [-0.4, -0.2) is 28.6 Å². The molecule has 0 radical (unpaired) electrons. The van der Waals surface area contributed by atoms with E-state index in [9.17, 15) is 12.8 Å². The van der Waals surface area contributed by atoms with E-state index < -0.39 is 15.8 Å². The molecule has 104 valence electrons. The summed E-state index contributed by atoms with van der Waals surface area (Å²) in [5, 5.41) is 2.91. The Balaban J connectivity index is 0.00000289. The molecule has 0 aromatic heterocycles. The van der Waals surface area contributed by atoms with Crippen molar-refractivity contribution < 1.29 is 12.8 Å². The zero-order valence-corrected chi connectivity index (χ0v) is 12.0. The third-order valence-electron chi connectivity index (χ3n) is 2.33. The van der Waals surface area contributed by atoms with Crippen molar-refractivity contribution in [1.29, 1.82) is 0 Å². The number of nitrogens with one attached hydrogen (secondary N) is 2. The molecule has 0 heterocycles. The van der Waals surface area contributed by atoms with Crippen molar-refractivity contribution >= 4 is 22.4 Å². The summed E-state index contributed by atoms with van der Waals surface area (Å²) < 4.78 is 39.6. The van der Waals surface area contributed by atoms with Gasteiger partial charge in [-0.1, -0.05) is 12.1 Å². The Kier molecular flexibility index (Phi) is 7.39. The Labute approximate surface area is 113 Å². The van der Waals surface area contributed by atoms with E-state index in [0.29, 0.717) is 18.5 Å². The molecule has 0 unspecified atom stereocenters. The first-order valence-electron chi connectivity index (χ1n) is 5.38. The molecule has 4 nitrogen and oxygen atoms in total. The van der Waals surface area contributed by atoms with Crippen LogP contribution in [0.4, 0.5) is 4.39 Å². The molecule has 0 saturated heterocycles. The molecule has 0 fully saturated rings. The summed E-state index contributed by atoms with van der Waals surface area (Å²) in [6.07, 6.45) is 0.656. The van der Waals surface area contributed by atoms with Gasteiger partial charge in [0.05, 0.1) is 0 Å². The predicted molar refractivity (Wildman–Crippen MR) is 72.1 cm³/mol. The molecule has 2 N–H and O–H groups in total. The van der Waals surface area contributed by atoms with Crippen molar-refractivity contribution in [3.05, 3.63) is 29.6 Å². The summed E-state index contributed by atoms with van der Waals surface area (Å²) in [4.78, 5) is -0.260. The second-order valence-electron chi connectivity index (χ2n) is 3.74. The van der Waals surface area contributed by atoms with Crippen molar-refractivity contribution in [1.82, 2.24) is 10.0 Å². The molecule has 0 aliphatic rings. The quantitative estimate of drug-likeness (QED) is 0.781. The second-order valence-corrected chi connectivity index (χ2v) is 5.44. The SMILES string of the molecule is CNCCCNS(=O)(=O)c1c(C)cccc1F.Cl. The van der Waals surface area contributed by atoms with Crippen LogP contribution in [0, 0.1) is 12.7 Å². The van der Waals surface area contributed by atoms with Gasteiger partial charge in [0.25, 0.3) is 0 Å². The molecule has 1 aromatic rings. The van der Waals surface area contributed by atoms with Gasteiger partial charge in [-0.25, -0.2) is 17.5 Å². The van der Waals surface area contributed by atoms with Crippen LogP contribution in [0.3, 0.4) is 0 Å². The monoisotopic (exact) mass is 296 g/mol. The van der Waals surface area contributed by atoms with Crippen molar-refractivity contribution in [2.45, 2.75) is 18.2 Å². The molecule has 0 bridgehead atoms. The van der Waals surface area contributed by atoms with Crippen molar-refractivity contribution in [3.63, 3.8) is 0 Å². The van der Waals surface area contributed by atoms with Crippen LogP contribution < -0.4 is 10.0 Å². The fourth-order valence-corrected chi connectivity index (χ4v) is 2.87. The lowest BCUT2D eigenvalue weighted by Crippen LogP contribution is -2.28. The molecular weight excluding hydrogens is 279 g/mol. The highest BCUT2D eigenvalue weighted by atomic mass is 35.5. The van der Waals surface area contributed by atoms with Crippen LogP contribution in [-0.2, 0) is 10.0 Å². The molecule has 18 heavy (non-hydrogen) atoms. The van der Waals surface area contributed by atoms with Gasteiger partial charge in [0.15, 0.2) is 0 Å². The first kappa shape index (κ1) is 17.3. The summed E-state index contributed by atoms with van der Waals surface area (Å²) in [5.74, 6) is -0.717. The number of rotatable bonds is 6. The average molecular weight is 297 g/mol. The number of aryl methyl sites for hydroxylation is 1. The molecule has 1 rings (SSSR count). The van der Waals surface area contributed by atoms with Gasteiger partial charge in [-0.2, -0.15) is 0 Å². The summed E-state index contributed by atoms with van der Waals surface area (Å²) in [5.41, 5.74) is 0.408. The van der Waals surface area contributed by atoms with Crippen LogP contribution in [0.15, 0.2) is 23.1 Å². The van der Waals surface area contributed by atoms with E-state index >= 15 is 0 Å². The topological polar surface area (TPSA) is 58.2 Å². The van der Waals surface area contributed by atoms with Crippen LogP contribution in [0.2, 0.25) is 0 Å². The minimum Gasteiger partial charge on any atom is -0.320 e. The highest BCUT2D eigenvalue weighted by Crippen LogP contribution is 2.18. The van der Waals surface area contributed by atoms with E-state index in [0.717, 1.165) is 6.07 Å². The van der Waals surface area contributed by atoms with E-state index in [2.05, 4.69) is 10.0 Å². The maximum atomic E-state index is 13.5. The minimum absolute atomic E-state index is 0. The van der Waals surface area contributed by atoms with Crippen LogP contribution in [0.1, 0.15) is 12.0 Å². The molecule has 1 aromatic carbocycles. The van der Waals surface area contributed by atoms with E-state index in [4.69, 9.17) is 0 Å². The van der Waals surface area contributed by atoms with Crippen LogP contribution in [0.5, 0.6) is 0 Å². The third kappa shape index (κ3) is 4.53. The number of sulfonamides is 1. The average Bonchev–Trinajstić information content (AvgIpc) is 2.24. The predicted octanol–water partition coefficient (Wildman–Crippen LogP) is 1.44. The lowest BCUT2D eigenvalue weighted by Gasteiger charge is -2.09. The zero-order chi connectivity index (χ0) is 12.9. The number of hydrogen-bond donors (Lipinski definition) is 2. The maximum Gasteiger partial charge on any atom is 0.243 e. The van der Waals surface area contributed by atoms with E-state index in [1.807, 2.05) is 0 Å². The fourth-order valence-electron chi connectivity index (χ4n) is 1.50. The third-order valence-corrected chi connectivity index (χ3v) is 3.97. The largest absolute Gasteiger partial charge is 0.320 e. The lowest BCUT2D eigenvalue weighted by molar-refractivity contribution is 0.552. The first-order valence-corrected chi connectivity index (χ1v) is 6.86. The van der Waals surface area contributed by atoms with Gasteiger partial charge in [0.1, 0.15) is 10.7 Å². The Morgan fingerprint density at radius 3 is 2.50 bits per heavy atom.